The molecule has 0 radical (unpaired) electrons. The van der Waals surface area contributed by atoms with Gasteiger partial charge in [0.15, 0.2) is 0 Å². The highest BCUT2D eigenvalue weighted by molar-refractivity contribution is 8.00. The van der Waals surface area contributed by atoms with Gasteiger partial charge in [-0.15, -0.1) is 0 Å². The van der Waals surface area contributed by atoms with Gasteiger partial charge in [-0.3, -0.25) is 4.90 Å². The van der Waals surface area contributed by atoms with Crippen LogP contribution in [0.3, 0.4) is 0 Å². The number of hydrogen-bond donors (Lipinski definition) is 0. The van der Waals surface area contributed by atoms with Crippen LogP contribution in [-0.2, 0) is 6.54 Å². The van der Waals surface area contributed by atoms with Crippen molar-refractivity contribution in [3.05, 3.63) is 35.9 Å². The first-order valence-corrected chi connectivity index (χ1v) is 7.25. The zero-order chi connectivity index (χ0) is 11.4. The third-order valence-corrected chi connectivity index (χ3v) is 4.68. The SMILES string of the molecule is CCC1C(C)SCCN1Cc1ccccc1. The molecule has 0 bridgehead atoms. The Morgan fingerprint density at radius 3 is 2.75 bits per heavy atom. The first kappa shape index (κ1) is 12.0. The van der Waals surface area contributed by atoms with Crippen LogP contribution in [0.2, 0.25) is 0 Å². The number of hydrogen-bond acceptors (Lipinski definition) is 2. The maximum Gasteiger partial charge on any atom is 0.0237 e. The van der Waals surface area contributed by atoms with E-state index < -0.39 is 0 Å². The molecular weight excluding hydrogens is 214 g/mol. The standard InChI is InChI=1S/C14H21NS/c1-3-14-12(2)16-10-9-15(14)11-13-7-5-4-6-8-13/h4-8,12,14H,3,9-11H2,1-2H3. The molecule has 1 aliphatic heterocycles. The minimum atomic E-state index is 0.749. The summed E-state index contributed by atoms with van der Waals surface area (Å²) >= 11 is 2.12. The molecule has 1 fully saturated rings. The summed E-state index contributed by atoms with van der Waals surface area (Å²) < 4.78 is 0. The Morgan fingerprint density at radius 1 is 1.31 bits per heavy atom. The molecule has 2 unspecified atom stereocenters. The summed E-state index contributed by atoms with van der Waals surface area (Å²) in [5.41, 5.74) is 1.44. The van der Waals surface area contributed by atoms with E-state index >= 15 is 0 Å². The highest BCUT2D eigenvalue weighted by Crippen LogP contribution is 2.27. The Hall–Kier alpha value is -0.470. The molecule has 0 amide bonds. The summed E-state index contributed by atoms with van der Waals surface area (Å²) in [5.74, 6) is 1.28. The number of thioether (sulfide) groups is 1. The number of rotatable bonds is 3. The highest BCUT2D eigenvalue weighted by Gasteiger charge is 2.27. The monoisotopic (exact) mass is 235 g/mol. The first-order chi connectivity index (χ1) is 7.81. The van der Waals surface area contributed by atoms with Gasteiger partial charge in [-0.05, 0) is 12.0 Å². The molecule has 2 heteroatoms. The Kier molecular flexibility index (Phi) is 4.30. The average molecular weight is 235 g/mol. The Labute approximate surface area is 103 Å². The predicted molar refractivity (Wildman–Crippen MR) is 72.9 cm³/mol. The van der Waals surface area contributed by atoms with Gasteiger partial charge in [-0.25, -0.2) is 0 Å². The fourth-order valence-electron chi connectivity index (χ4n) is 2.53. The van der Waals surface area contributed by atoms with Crippen LogP contribution in [0.1, 0.15) is 25.8 Å². The first-order valence-electron chi connectivity index (χ1n) is 6.21. The molecule has 0 saturated carbocycles. The summed E-state index contributed by atoms with van der Waals surface area (Å²) in [6, 6.07) is 11.6. The Morgan fingerprint density at radius 2 is 2.06 bits per heavy atom. The van der Waals surface area contributed by atoms with Gasteiger partial charge < -0.3 is 0 Å². The van der Waals surface area contributed by atoms with E-state index in [-0.39, 0.29) is 0 Å². The molecular formula is C14H21NS. The fraction of sp³-hybridized carbons (Fsp3) is 0.571. The summed E-state index contributed by atoms with van der Waals surface area (Å²) in [6.45, 7) is 7.04. The summed E-state index contributed by atoms with van der Waals surface area (Å²) in [5, 5.41) is 0.780. The lowest BCUT2D eigenvalue weighted by atomic mass is 10.1. The molecule has 16 heavy (non-hydrogen) atoms. The van der Waals surface area contributed by atoms with Crippen molar-refractivity contribution in [2.75, 3.05) is 12.3 Å². The van der Waals surface area contributed by atoms with E-state index in [4.69, 9.17) is 0 Å². The van der Waals surface area contributed by atoms with Crippen LogP contribution in [0.25, 0.3) is 0 Å². The van der Waals surface area contributed by atoms with Crippen LogP contribution in [0.4, 0.5) is 0 Å². The fourth-order valence-corrected chi connectivity index (χ4v) is 3.83. The van der Waals surface area contributed by atoms with Crippen molar-refractivity contribution in [1.29, 1.82) is 0 Å². The zero-order valence-electron chi connectivity index (χ0n) is 10.2. The van der Waals surface area contributed by atoms with Gasteiger partial charge in [0.25, 0.3) is 0 Å². The van der Waals surface area contributed by atoms with Gasteiger partial charge >= 0.3 is 0 Å². The largest absolute Gasteiger partial charge is 0.294 e. The third-order valence-electron chi connectivity index (χ3n) is 3.42. The maximum absolute atomic E-state index is 2.65. The third kappa shape index (κ3) is 2.80. The van der Waals surface area contributed by atoms with Gasteiger partial charge in [0.1, 0.15) is 0 Å². The van der Waals surface area contributed by atoms with Crippen LogP contribution in [-0.4, -0.2) is 28.5 Å². The van der Waals surface area contributed by atoms with Crippen LogP contribution in [0.5, 0.6) is 0 Å². The predicted octanol–water partition coefficient (Wildman–Crippen LogP) is 3.40. The molecule has 1 nitrogen and oxygen atoms in total. The van der Waals surface area contributed by atoms with Crippen molar-refractivity contribution in [3.63, 3.8) is 0 Å². The molecule has 1 saturated heterocycles. The molecule has 1 aromatic carbocycles. The number of nitrogens with zero attached hydrogens (tertiary/aromatic N) is 1. The van der Waals surface area contributed by atoms with E-state index in [1.807, 2.05) is 0 Å². The van der Waals surface area contributed by atoms with Crippen molar-refractivity contribution in [2.45, 2.75) is 38.1 Å². The van der Waals surface area contributed by atoms with Gasteiger partial charge in [0.2, 0.25) is 0 Å². The molecule has 88 valence electrons. The lowest BCUT2D eigenvalue weighted by Gasteiger charge is -2.39. The minimum absolute atomic E-state index is 0.749. The van der Waals surface area contributed by atoms with Crippen molar-refractivity contribution in [1.82, 2.24) is 4.90 Å². The molecule has 0 aliphatic carbocycles. The lowest BCUT2D eigenvalue weighted by Crippen LogP contribution is -2.45. The van der Waals surface area contributed by atoms with E-state index in [0.29, 0.717) is 0 Å². The van der Waals surface area contributed by atoms with Gasteiger partial charge in [0.05, 0.1) is 0 Å². The van der Waals surface area contributed by atoms with E-state index in [1.54, 1.807) is 0 Å². The van der Waals surface area contributed by atoms with Crippen LogP contribution < -0.4 is 0 Å². The summed E-state index contributed by atoms with van der Waals surface area (Å²) in [7, 11) is 0. The second-order valence-electron chi connectivity index (χ2n) is 4.51. The van der Waals surface area contributed by atoms with E-state index in [2.05, 4.69) is 60.8 Å². The minimum Gasteiger partial charge on any atom is -0.294 e. The smallest absolute Gasteiger partial charge is 0.0237 e. The normalized spacial score (nSPS) is 26.9. The quantitative estimate of drug-likeness (QED) is 0.790. The van der Waals surface area contributed by atoms with Crippen LogP contribution >= 0.6 is 11.8 Å². The summed E-state index contributed by atoms with van der Waals surface area (Å²) in [4.78, 5) is 2.65. The average Bonchev–Trinajstić information content (AvgIpc) is 2.31. The van der Waals surface area contributed by atoms with Crippen molar-refractivity contribution < 1.29 is 0 Å². The van der Waals surface area contributed by atoms with Crippen molar-refractivity contribution in [2.24, 2.45) is 0 Å². The molecule has 1 heterocycles. The molecule has 0 aromatic heterocycles. The Balaban J connectivity index is 2.02. The van der Waals surface area contributed by atoms with Crippen molar-refractivity contribution >= 4 is 11.8 Å². The molecule has 1 aromatic rings. The maximum atomic E-state index is 2.65. The van der Waals surface area contributed by atoms with Gasteiger partial charge in [-0.2, -0.15) is 11.8 Å². The zero-order valence-corrected chi connectivity index (χ0v) is 11.0. The molecule has 0 N–H and O–H groups in total. The van der Waals surface area contributed by atoms with Crippen LogP contribution in [0, 0.1) is 0 Å². The number of benzene rings is 1. The lowest BCUT2D eigenvalue weighted by molar-refractivity contribution is 0.185. The molecule has 2 rings (SSSR count). The Bertz CT molecular complexity index is 312. The highest BCUT2D eigenvalue weighted by atomic mass is 32.2. The van der Waals surface area contributed by atoms with Gasteiger partial charge in [0, 0.05) is 30.1 Å². The second kappa shape index (κ2) is 5.74. The topological polar surface area (TPSA) is 3.24 Å². The van der Waals surface area contributed by atoms with Crippen molar-refractivity contribution in [3.8, 4) is 0 Å². The molecule has 0 spiro atoms. The summed E-state index contributed by atoms with van der Waals surface area (Å²) in [6.07, 6.45) is 1.26. The molecule has 2 atom stereocenters. The van der Waals surface area contributed by atoms with E-state index in [1.165, 1.54) is 24.3 Å². The van der Waals surface area contributed by atoms with E-state index in [9.17, 15) is 0 Å². The van der Waals surface area contributed by atoms with E-state index in [0.717, 1.165) is 17.8 Å². The van der Waals surface area contributed by atoms with Gasteiger partial charge in [-0.1, -0.05) is 44.2 Å². The van der Waals surface area contributed by atoms with Crippen LogP contribution in [0.15, 0.2) is 30.3 Å². The second-order valence-corrected chi connectivity index (χ2v) is 5.99. The molecule has 1 aliphatic rings.